The fourth-order valence-electron chi connectivity index (χ4n) is 3.21. The summed E-state index contributed by atoms with van der Waals surface area (Å²) in [6, 6.07) is 7.33. The van der Waals surface area contributed by atoms with E-state index in [1.807, 2.05) is 0 Å². The first kappa shape index (κ1) is 18.5. The lowest BCUT2D eigenvalue weighted by Crippen LogP contribution is -2.49. The SMILES string of the molecule is O=C(Nc1ccc2c(c1)OCO2)[C@@H]1CCCCN1S(=O)(=O)c1ccc(Cl)s1. The van der Waals surface area contributed by atoms with Gasteiger partial charge in [-0.25, -0.2) is 8.42 Å². The Morgan fingerprint density at radius 1 is 1.19 bits per heavy atom. The van der Waals surface area contributed by atoms with E-state index in [0.29, 0.717) is 40.9 Å². The van der Waals surface area contributed by atoms with E-state index in [0.717, 1.165) is 17.8 Å². The van der Waals surface area contributed by atoms with Gasteiger partial charge in [0.25, 0.3) is 10.0 Å². The van der Waals surface area contributed by atoms with Gasteiger partial charge in [-0.3, -0.25) is 4.79 Å². The molecule has 1 atom stereocenters. The van der Waals surface area contributed by atoms with Crippen molar-refractivity contribution < 1.29 is 22.7 Å². The number of anilines is 1. The van der Waals surface area contributed by atoms with Gasteiger partial charge in [0.2, 0.25) is 12.7 Å². The molecule has 2 aromatic rings. The van der Waals surface area contributed by atoms with Gasteiger partial charge in [0.05, 0.1) is 4.34 Å². The van der Waals surface area contributed by atoms with Gasteiger partial charge in [0.15, 0.2) is 11.5 Å². The molecule has 0 aliphatic carbocycles. The molecule has 0 saturated carbocycles. The molecular formula is C17H17ClN2O5S2. The maximum atomic E-state index is 13.0. The molecule has 10 heteroatoms. The van der Waals surface area contributed by atoms with Crippen LogP contribution in [0.25, 0.3) is 0 Å². The molecule has 144 valence electrons. The van der Waals surface area contributed by atoms with Gasteiger partial charge in [-0.05, 0) is 37.1 Å². The topological polar surface area (TPSA) is 84.9 Å². The predicted octanol–water partition coefficient (Wildman–Crippen LogP) is 3.31. The third-order valence-corrected chi connectivity index (χ3v) is 8.11. The van der Waals surface area contributed by atoms with Crippen molar-refractivity contribution in [3.8, 4) is 11.5 Å². The van der Waals surface area contributed by atoms with E-state index in [2.05, 4.69) is 5.32 Å². The van der Waals surface area contributed by atoms with E-state index in [1.54, 1.807) is 24.3 Å². The van der Waals surface area contributed by atoms with Gasteiger partial charge >= 0.3 is 0 Å². The van der Waals surface area contributed by atoms with E-state index in [1.165, 1.54) is 10.4 Å². The first-order chi connectivity index (χ1) is 12.9. The van der Waals surface area contributed by atoms with Crippen molar-refractivity contribution in [1.29, 1.82) is 0 Å². The average Bonchev–Trinajstić information content (AvgIpc) is 3.30. The van der Waals surface area contributed by atoms with Crippen LogP contribution in [-0.2, 0) is 14.8 Å². The number of nitrogens with one attached hydrogen (secondary N) is 1. The zero-order valence-electron chi connectivity index (χ0n) is 14.2. The Balaban J connectivity index is 1.56. The minimum absolute atomic E-state index is 0.144. The number of thiophene rings is 1. The fourth-order valence-corrected chi connectivity index (χ4v) is 6.47. The van der Waals surface area contributed by atoms with Crippen molar-refractivity contribution in [3.05, 3.63) is 34.7 Å². The molecule has 1 amide bonds. The van der Waals surface area contributed by atoms with E-state index >= 15 is 0 Å². The molecule has 1 fully saturated rings. The Kier molecular flexibility index (Phi) is 5.02. The minimum Gasteiger partial charge on any atom is -0.454 e. The van der Waals surface area contributed by atoms with Gasteiger partial charge in [0.1, 0.15) is 10.3 Å². The third-order valence-electron chi connectivity index (χ3n) is 4.51. The van der Waals surface area contributed by atoms with Crippen LogP contribution in [0, 0.1) is 0 Å². The Labute approximate surface area is 165 Å². The van der Waals surface area contributed by atoms with E-state index in [4.69, 9.17) is 21.1 Å². The quantitative estimate of drug-likeness (QED) is 0.807. The maximum absolute atomic E-state index is 13.0. The maximum Gasteiger partial charge on any atom is 0.253 e. The van der Waals surface area contributed by atoms with E-state index < -0.39 is 16.1 Å². The zero-order valence-corrected chi connectivity index (χ0v) is 16.6. The summed E-state index contributed by atoms with van der Waals surface area (Å²) in [5.74, 6) is 0.804. The van der Waals surface area contributed by atoms with E-state index in [9.17, 15) is 13.2 Å². The summed E-state index contributed by atoms with van der Waals surface area (Å²) in [4.78, 5) is 12.8. The molecule has 1 aromatic heterocycles. The number of benzene rings is 1. The number of hydrogen-bond acceptors (Lipinski definition) is 6. The second-order valence-corrected chi connectivity index (χ2v) is 10.1. The number of piperidine rings is 1. The third kappa shape index (κ3) is 3.64. The smallest absolute Gasteiger partial charge is 0.253 e. The summed E-state index contributed by atoms with van der Waals surface area (Å²) in [6.07, 6.45) is 1.97. The molecule has 2 aliphatic rings. The highest BCUT2D eigenvalue weighted by atomic mass is 35.5. The summed E-state index contributed by atoms with van der Waals surface area (Å²) >= 11 is 6.89. The van der Waals surface area contributed by atoms with Crippen LogP contribution in [-0.4, -0.2) is 38.0 Å². The lowest BCUT2D eigenvalue weighted by Gasteiger charge is -2.33. The lowest BCUT2D eigenvalue weighted by atomic mass is 10.0. The summed E-state index contributed by atoms with van der Waals surface area (Å²) in [6.45, 7) is 0.446. The Bertz CT molecular complexity index is 975. The summed E-state index contributed by atoms with van der Waals surface area (Å²) in [7, 11) is -3.78. The molecule has 3 heterocycles. The highest BCUT2D eigenvalue weighted by molar-refractivity contribution is 7.91. The van der Waals surface area contributed by atoms with Crippen LogP contribution < -0.4 is 14.8 Å². The molecule has 7 nitrogen and oxygen atoms in total. The number of amides is 1. The number of nitrogens with zero attached hydrogens (tertiary/aromatic N) is 1. The molecule has 1 aromatic carbocycles. The normalized spacial score (nSPS) is 19.8. The second kappa shape index (κ2) is 7.31. The van der Waals surface area contributed by atoms with Crippen molar-refractivity contribution in [2.45, 2.75) is 29.5 Å². The highest BCUT2D eigenvalue weighted by Gasteiger charge is 2.38. The first-order valence-corrected chi connectivity index (χ1v) is 11.1. The van der Waals surface area contributed by atoms with Gasteiger partial charge in [-0.1, -0.05) is 18.0 Å². The summed E-state index contributed by atoms with van der Waals surface area (Å²) in [5.41, 5.74) is 0.534. The van der Waals surface area contributed by atoms with Crippen LogP contribution in [0.15, 0.2) is 34.5 Å². The standard InChI is InChI=1S/C17H17ClN2O5S2/c18-15-6-7-16(26-15)27(22,23)20-8-2-1-3-12(20)17(21)19-11-4-5-13-14(9-11)25-10-24-13/h4-7,9,12H,1-3,8,10H2,(H,19,21)/t12-/m0/s1. The number of fused-ring (bicyclic) bond motifs is 1. The summed E-state index contributed by atoms with van der Waals surface area (Å²) < 4.78 is 38.4. The average molecular weight is 429 g/mol. The number of sulfonamides is 1. The van der Waals surface area contributed by atoms with Crippen molar-refractivity contribution >= 4 is 44.6 Å². The van der Waals surface area contributed by atoms with Gasteiger partial charge in [-0.2, -0.15) is 4.31 Å². The van der Waals surface area contributed by atoms with Crippen LogP contribution in [0.5, 0.6) is 11.5 Å². The van der Waals surface area contributed by atoms with Gasteiger partial charge in [-0.15, -0.1) is 11.3 Å². The molecule has 1 saturated heterocycles. The number of hydrogen-bond donors (Lipinski definition) is 1. The minimum atomic E-state index is -3.78. The largest absolute Gasteiger partial charge is 0.454 e. The highest BCUT2D eigenvalue weighted by Crippen LogP contribution is 2.35. The Hall–Kier alpha value is -1.81. The molecule has 0 bridgehead atoms. The van der Waals surface area contributed by atoms with Gasteiger partial charge < -0.3 is 14.8 Å². The molecular weight excluding hydrogens is 412 g/mol. The van der Waals surface area contributed by atoms with Crippen LogP contribution >= 0.6 is 22.9 Å². The monoisotopic (exact) mass is 428 g/mol. The predicted molar refractivity (Wildman–Crippen MR) is 102 cm³/mol. The van der Waals surface area contributed by atoms with Crippen LogP contribution in [0.4, 0.5) is 5.69 Å². The van der Waals surface area contributed by atoms with E-state index in [-0.39, 0.29) is 16.9 Å². The van der Waals surface area contributed by atoms with Crippen LogP contribution in [0.2, 0.25) is 4.34 Å². The van der Waals surface area contributed by atoms with Crippen LogP contribution in [0.1, 0.15) is 19.3 Å². The van der Waals surface area contributed by atoms with Crippen molar-refractivity contribution in [2.75, 3.05) is 18.7 Å². The first-order valence-electron chi connectivity index (χ1n) is 8.43. The van der Waals surface area contributed by atoms with Crippen LogP contribution in [0.3, 0.4) is 0 Å². The Morgan fingerprint density at radius 3 is 2.78 bits per heavy atom. The molecule has 27 heavy (non-hydrogen) atoms. The molecule has 0 spiro atoms. The molecule has 4 rings (SSSR count). The second-order valence-electron chi connectivity index (χ2n) is 6.24. The molecule has 0 unspecified atom stereocenters. The van der Waals surface area contributed by atoms with Crippen molar-refractivity contribution in [3.63, 3.8) is 0 Å². The molecule has 0 radical (unpaired) electrons. The fraction of sp³-hybridized carbons (Fsp3) is 0.353. The number of halogens is 1. The van der Waals surface area contributed by atoms with Crippen molar-refractivity contribution in [1.82, 2.24) is 4.31 Å². The zero-order chi connectivity index (χ0) is 19.0. The van der Waals surface area contributed by atoms with Gasteiger partial charge in [0, 0.05) is 18.3 Å². The Morgan fingerprint density at radius 2 is 2.00 bits per heavy atom. The number of carbonyl (C=O) groups excluding carboxylic acids is 1. The molecule has 1 N–H and O–H groups in total. The number of carbonyl (C=O) groups is 1. The van der Waals surface area contributed by atoms with Crippen molar-refractivity contribution in [2.24, 2.45) is 0 Å². The lowest BCUT2D eigenvalue weighted by molar-refractivity contribution is -0.120. The molecule has 2 aliphatic heterocycles. The number of rotatable bonds is 4. The number of ether oxygens (including phenoxy) is 2. The summed E-state index contributed by atoms with van der Waals surface area (Å²) in [5, 5.41) is 2.80.